The van der Waals surface area contributed by atoms with Crippen LogP contribution in [-0.2, 0) is 29.4 Å². The highest BCUT2D eigenvalue weighted by Crippen LogP contribution is 2.24. The van der Waals surface area contributed by atoms with Crippen molar-refractivity contribution in [1.82, 2.24) is 14.2 Å². The number of carbonyl (C=O) groups excluding carboxylic acids is 2. The summed E-state index contributed by atoms with van der Waals surface area (Å²) in [7, 11) is -7.24. The van der Waals surface area contributed by atoms with E-state index in [2.05, 4.69) is 5.10 Å². The lowest BCUT2D eigenvalue weighted by Crippen LogP contribution is -2.53. The zero-order chi connectivity index (χ0) is 23.1. The number of sulfone groups is 1. The van der Waals surface area contributed by atoms with Crippen LogP contribution in [0.4, 0.5) is 4.39 Å². The Labute approximate surface area is 185 Å². The summed E-state index contributed by atoms with van der Waals surface area (Å²) < 4.78 is 64.1. The van der Waals surface area contributed by atoms with Gasteiger partial charge in [-0.25, -0.2) is 26.2 Å². The standard InChI is InChI=1S/C19H23FN4O6S2/c20-15-3-1-2-4-17(15)32(29,30)23-10-8-22(9-11-23)19(26)16-5-6-18(25)24(21-16)14-7-12-31(27,28)13-14/h1-4,14H,5-13H2/t14-/m0/s1. The molecule has 32 heavy (non-hydrogen) atoms. The lowest BCUT2D eigenvalue weighted by atomic mass is 10.1. The van der Waals surface area contributed by atoms with E-state index in [0.717, 1.165) is 15.4 Å². The van der Waals surface area contributed by atoms with Gasteiger partial charge in [0, 0.05) is 39.0 Å². The van der Waals surface area contributed by atoms with E-state index in [1.165, 1.54) is 23.1 Å². The van der Waals surface area contributed by atoms with Crippen LogP contribution < -0.4 is 0 Å². The van der Waals surface area contributed by atoms with Crippen molar-refractivity contribution in [2.24, 2.45) is 5.10 Å². The Morgan fingerprint density at radius 3 is 2.41 bits per heavy atom. The van der Waals surface area contributed by atoms with E-state index in [-0.39, 0.29) is 68.6 Å². The van der Waals surface area contributed by atoms with Crippen LogP contribution in [0.2, 0.25) is 0 Å². The maximum atomic E-state index is 14.0. The number of hydrazone groups is 1. The van der Waals surface area contributed by atoms with Crippen molar-refractivity contribution < 1.29 is 30.8 Å². The van der Waals surface area contributed by atoms with Crippen LogP contribution >= 0.6 is 0 Å². The fraction of sp³-hybridized carbons (Fsp3) is 0.526. The molecule has 174 valence electrons. The van der Waals surface area contributed by atoms with E-state index >= 15 is 0 Å². The van der Waals surface area contributed by atoms with Crippen molar-refractivity contribution in [2.75, 3.05) is 37.7 Å². The smallest absolute Gasteiger partial charge is 0.270 e. The molecule has 0 spiro atoms. The predicted octanol–water partition coefficient (Wildman–Crippen LogP) is -0.176. The van der Waals surface area contributed by atoms with Gasteiger partial charge in [-0.3, -0.25) is 9.59 Å². The summed E-state index contributed by atoms with van der Waals surface area (Å²) in [6.07, 6.45) is 0.482. The summed E-state index contributed by atoms with van der Waals surface area (Å²) in [6, 6.07) is 4.56. The predicted molar refractivity (Wildman–Crippen MR) is 112 cm³/mol. The van der Waals surface area contributed by atoms with Gasteiger partial charge in [0.15, 0.2) is 9.84 Å². The molecule has 4 rings (SSSR count). The summed E-state index contributed by atoms with van der Waals surface area (Å²) >= 11 is 0. The topological polar surface area (TPSA) is 124 Å². The zero-order valence-electron chi connectivity index (χ0n) is 17.2. The molecule has 3 aliphatic heterocycles. The lowest BCUT2D eigenvalue weighted by Gasteiger charge is -2.35. The average molecular weight is 487 g/mol. The van der Waals surface area contributed by atoms with Crippen LogP contribution in [0.3, 0.4) is 0 Å². The largest absolute Gasteiger partial charge is 0.335 e. The van der Waals surface area contributed by atoms with E-state index in [9.17, 15) is 30.8 Å². The first-order valence-corrected chi connectivity index (χ1v) is 13.5. The van der Waals surface area contributed by atoms with E-state index in [4.69, 9.17) is 0 Å². The molecule has 0 N–H and O–H groups in total. The second-order valence-electron chi connectivity index (χ2n) is 7.97. The van der Waals surface area contributed by atoms with Crippen molar-refractivity contribution in [1.29, 1.82) is 0 Å². The number of amides is 2. The molecule has 10 nitrogen and oxygen atoms in total. The van der Waals surface area contributed by atoms with Gasteiger partial charge in [0.05, 0.1) is 17.5 Å². The molecule has 0 unspecified atom stereocenters. The minimum Gasteiger partial charge on any atom is -0.335 e. The van der Waals surface area contributed by atoms with Crippen molar-refractivity contribution in [3.05, 3.63) is 30.1 Å². The molecule has 3 aliphatic rings. The maximum absolute atomic E-state index is 14.0. The number of sulfonamides is 1. The number of benzene rings is 1. The molecule has 1 atom stereocenters. The Morgan fingerprint density at radius 2 is 1.78 bits per heavy atom. The first kappa shape index (κ1) is 22.8. The third-order valence-electron chi connectivity index (χ3n) is 5.84. The molecule has 0 aliphatic carbocycles. The highest BCUT2D eigenvalue weighted by Gasteiger charge is 2.39. The molecule has 2 fully saturated rings. The molecule has 3 heterocycles. The van der Waals surface area contributed by atoms with Gasteiger partial charge < -0.3 is 4.90 Å². The van der Waals surface area contributed by atoms with E-state index in [1.807, 2.05) is 0 Å². The van der Waals surface area contributed by atoms with E-state index in [1.54, 1.807) is 0 Å². The van der Waals surface area contributed by atoms with Crippen molar-refractivity contribution >= 4 is 37.4 Å². The Balaban J connectivity index is 1.44. The fourth-order valence-corrected chi connectivity index (χ4v) is 7.27. The van der Waals surface area contributed by atoms with Crippen LogP contribution in [0, 0.1) is 5.82 Å². The van der Waals surface area contributed by atoms with Crippen LogP contribution in [0.25, 0.3) is 0 Å². The van der Waals surface area contributed by atoms with Crippen LogP contribution in [0.5, 0.6) is 0 Å². The average Bonchev–Trinajstić information content (AvgIpc) is 3.13. The zero-order valence-corrected chi connectivity index (χ0v) is 18.8. The van der Waals surface area contributed by atoms with E-state index < -0.39 is 42.5 Å². The van der Waals surface area contributed by atoms with Crippen LogP contribution in [0.15, 0.2) is 34.3 Å². The van der Waals surface area contributed by atoms with Crippen molar-refractivity contribution in [3.63, 3.8) is 0 Å². The second kappa shape index (κ2) is 8.52. The second-order valence-corrected chi connectivity index (χ2v) is 12.1. The first-order valence-electron chi connectivity index (χ1n) is 10.2. The minimum absolute atomic E-state index is 0.000793. The SMILES string of the molecule is O=C(C1=NN([C@H]2CCS(=O)(=O)C2)C(=O)CC1)N1CCN(S(=O)(=O)c2ccccc2F)CC1. The van der Waals surface area contributed by atoms with Gasteiger partial charge in [0.2, 0.25) is 15.9 Å². The van der Waals surface area contributed by atoms with Gasteiger partial charge in [0.1, 0.15) is 16.4 Å². The Kier molecular flexibility index (Phi) is 6.07. The molecule has 0 saturated carbocycles. The molecular formula is C19H23FN4O6S2. The normalized spacial score (nSPS) is 24.5. The molecule has 13 heteroatoms. The quantitative estimate of drug-likeness (QED) is 0.582. The molecule has 2 saturated heterocycles. The Morgan fingerprint density at radius 1 is 1.09 bits per heavy atom. The summed E-state index contributed by atoms with van der Waals surface area (Å²) in [5, 5.41) is 5.30. The highest BCUT2D eigenvalue weighted by molar-refractivity contribution is 7.91. The highest BCUT2D eigenvalue weighted by atomic mass is 32.2. The third-order valence-corrected chi connectivity index (χ3v) is 9.52. The Bertz CT molecular complexity index is 1180. The molecule has 0 radical (unpaired) electrons. The van der Waals surface area contributed by atoms with Crippen LogP contribution in [0.1, 0.15) is 19.3 Å². The third kappa shape index (κ3) is 4.41. The summed E-state index contributed by atoms with van der Waals surface area (Å²) in [5.41, 5.74) is 0.152. The summed E-state index contributed by atoms with van der Waals surface area (Å²) in [6.45, 7) is 0.187. The number of piperazine rings is 1. The molecule has 2 amide bonds. The monoisotopic (exact) mass is 486 g/mol. The van der Waals surface area contributed by atoms with Gasteiger partial charge in [-0.15, -0.1) is 0 Å². The van der Waals surface area contributed by atoms with Crippen molar-refractivity contribution in [2.45, 2.75) is 30.2 Å². The van der Waals surface area contributed by atoms with Gasteiger partial charge in [-0.1, -0.05) is 12.1 Å². The Hall–Kier alpha value is -2.38. The number of nitrogens with zero attached hydrogens (tertiary/aromatic N) is 4. The number of carbonyl (C=O) groups is 2. The minimum atomic E-state index is -4.02. The number of halogens is 1. The van der Waals surface area contributed by atoms with E-state index in [0.29, 0.717) is 0 Å². The maximum Gasteiger partial charge on any atom is 0.270 e. The van der Waals surface area contributed by atoms with Crippen LogP contribution in [-0.4, -0.2) is 92.3 Å². The van der Waals surface area contributed by atoms with Crippen molar-refractivity contribution in [3.8, 4) is 0 Å². The molecule has 1 aromatic carbocycles. The van der Waals surface area contributed by atoms with Gasteiger partial charge >= 0.3 is 0 Å². The van der Waals surface area contributed by atoms with Gasteiger partial charge in [-0.2, -0.15) is 9.41 Å². The summed E-state index contributed by atoms with van der Waals surface area (Å²) in [5.74, 6) is -1.74. The molecule has 1 aromatic rings. The molecular weight excluding hydrogens is 463 g/mol. The van der Waals surface area contributed by atoms with Gasteiger partial charge in [0.25, 0.3) is 5.91 Å². The number of hydrogen-bond donors (Lipinski definition) is 0. The lowest BCUT2D eigenvalue weighted by molar-refractivity contribution is -0.134. The molecule has 0 aromatic heterocycles. The summed E-state index contributed by atoms with van der Waals surface area (Å²) in [4.78, 5) is 26.2. The number of rotatable bonds is 4. The van der Waals surface area contributed by atoms with Gasteiger partial charge in [-0.05, 0) is 18.6 Å². The first-order chi connectivity index (χ1) is 15.1. The number of hydrogen-bond acceptors (Lipinski definition) is 7. The fourth-order valence-electron chi connectivity index (χ4n) is 4.09. The molecule has 0 bridgehead atoms.